The fourth-order valence-electron chi connectivity index (χ4n) is 1.89. The molecule has 2 heterocycles. The second-order valence-electron chi connectivity index (χ2n) is 4.80. The number of nitrogens with zero attached hydrogens (tertiary/aromatic N) is 1. The number of halogens is 1. The topological polar surface area (TPSA) is 40.5 Å². The Hall–Kier alpha value is -0.840. The zero-order valence-corrected chi connectivity index (χ0v) is 11.8. The van der Waals surface area contributed by atoms with Crippen LogP contribution in [0.25, 0.3) is 6.08 Å². The summed E-state index contributed by atoms with van der Waals surface area (Å²) in [6.45, 7) is 3.04. The molecule has 98 valence electrons. The van der Waals surface area contributed by atoms with E-state index in [4.69, 9.17) is 11.6 Å². The molecule has 1 aromatic rings. The largest absolute Gasteiger partial charge is 0.390 e. The number of amides is 1. The van der Waals surface area contributed by atoms with E-state index in [1.54, 1.807) is 17.1 Å². The summed E-state index contributed by atoms with van der Waals surface area (Å²) in [7, 11) is 0. The highest BCUT2D eigenvalue weighted by molar-refractivity contribution is 7.17. The first-order chi connectivity index (χ1) is 8.46. The van der Waals surface area contributed by atoms with Crippen LogP contribution in [0.4, 0.5) is 0 Å². The van der Waals surface area contributed by atoms with Gasteiger partial charge in [-0.15, -0.1) is 11.3 Å². The summed E-state index contributed by atoms with van der Waals surface area (Å²) in [5, 5.41) is 9.82. The van der Waals surface area contributed by atoms with Crippen LogP contribution < -0.4 is 0 Å². The molecule has 3 nitrogen and oxygen atoms in total. The molecule has 1 aliphatic heterocycles. The van der Waals surface area contributed by atoms with Crippen LogP contribution in [0.15, 0.2) is 18.2 Å². The lowest BCUT2D eigenvalue weighted by molar-refractivity contribution is -0.129. The van der Waals surface area contributed by atoms with Gasteiger partial charge in [-0.05, 0) is 38.0 Å². The van der Waals surface area contributed by atoms with Crippen molar-refractivity contribution in [3.63, 3.8) is 0 Å². The van der Waals surface area contributed by atoms with Gasteiger partial charge in [-0.1, -0.05) is 11.6 Å². The molecule has 1 N–H and O–H groups in total. The van der Waals surface area contributed by atoms with Gasteiger partial charge in [0.2, 0.25) is 5.91 Å². The highest BCUT2D eigenvalue weighted by Gasteiger charge is 2.28. The molecule has 18 heavy (non-hydrogen) atoms. The highest BCUT2D eigenvalue weighted by atomic mass is 35.5. The predicted molar refractivity (Wildman–Crippen MR) is 74.8 cm³/mol. The van der Waals surface area contributed by atoms with Crippen LogP contribution in [-0.2, 0) is 4.79 Å². The summed E-state index contributed by atoms with van der Waals surface area (Å²) in [5.74, 6) is -0.00461. The molecular formula is C13H16ClNO2S. The van der Waals surface area contributed by atoms with Crippen molar-refractivity contribution in [2.75, 3.05) is 13.1 Å². The van der Waals surface area contributed by atoms with Crippen molar-refractivity contribution < 1.29 is 9.90 Å². The first-order valence-electron chi connectivity index (χ1n) is 5.91. The van der Waals surface area contributed by atoms with Gasteiger partial charge in [0.05, 0.1) is 9.94 Å². The van der Waals surface area contributed by atoms with Crippen molar-refractivity contribution in [3.05, 3.63) is 27.4 Å². The fraction of sp³-hybridized carbons (Fsp3) is 0.462. The van der Waals surface area contributed by atoms with Crippen molar-refractivity contribution in [1.29, 1.82) is 0 Å². The molecule has 1 amide bonds. The maximum atomic E-state index is 11.9. The van der Waals surface area contributed by atoms with Gasteiger partial charge in [0, 0.05) is 24.0 Å². The molecule has 1 saturated heterocycles. The first kappa shape index (κ1) is 13.6. The van der Waals surface area contributed by atoms with Crippen molar-refractivity contribution in [3.8, 4) is 0 Å². The molecule has 1 aliphatic rings. The van der Waals surface area contributed by atoms with E-state index in [2.05, 4.69) is 0 Å². The molecule has 0 aromatic carbocycles. The van der Waals surface area contributed by atoms with Crippen molar-refractivity contribution in [2.45, 2.75) is 25.4 Å². The van der Waals surface area contributed by atoms with Gasteiger partial charge in [-0.3, -0.25) is 4.79 Å². The monoisotopic (exact) mass is 285 g/mol. The van der Waals surface area contributed by atoms with Gasteiger partial charge < -0.3 is 10.0 Å². The van der Waals surface area contributed by atoms with Crippen LogP contribution in [0, 0.1) is 0 Å². The molecule has 1 fully saturated rings. The Morgan fingerprint density at radius 3 is 2.72 bits per heavy atom. The Kier molecular flexibility index (Phi) is 4.10. The van der Waals surface area contributed by atoms with E-state index in [-0.39, 0.29) is 5.91 Å². The number of aliphatic hydroxyl groups is 1. The second kappa shape index (κ2) is 5.43. The van der Waals surface area contributed by atoms with Gasteiger partial charge in [0.25, 0.3) is 0 Å². The molecule has 0 radical (unpaired) electrons. The Balaban J connectivity index is 1.91. The standard InChI is InChI=1S/C13H16ClNO2S/c1-13(17)6-8-15(9-7-13)12(16)5-3-10-2-4-11(14)18-10/h2-5,17H,6-9H2,1H3/b5-3+. The number of carbonyl (C=O) groups excluding carboxylic acids is 1. The summed E-state index contributed by atoms with van der Waals surface area (Å²) in [5.41, 5.74) is -0.623. The van der Waals surface area contributed by atoms with E-state index in [0.29, 0.717) is 25.9 Å². The van der Waals surface area contributed by atoms with Gasteiger partial charge >= 0.3 is 0 Å². The van der Waals surface area contributed by atoms with Crippen molar-refractivity contribution in [1.82, 2.24) is 4.90 Å². The van der Waals surface area contributed by atoms with E-state index in [1.807, 2.05) is 19.1 Å². The molecule has 0 saturated carbocycles. The molecule has 0 atom stereocenters. The molecule has 0 unspecified atom stereocenters. The van der Waals surface area contributed by atoms with E-state index in [0.717, 1.165) is 9.21 Å². The molecule has 0 aliphatic carbocycles. The van der Waals surface area contributed by atoms with E-state index >= 15 is 0 Å². The van der Waals surface area contributed by atoms with Crippen LogP contribution in [0.3, 0.4) is 0 Å². The summed E-state index contributed by atoms with van der Waals surface area (Å²) in [6, 6.07) is 3.70. The molecule has 0 spiro atoms. The maximum absolute atomic E-state index is 11.9. The van der Waals surface area contributed by atoms with Crippen LogP contribution >= 0.6 is 22.9 Å². The molecule has 2 rings (SSSR count). The van der Waals surface area contributed by atoms with Crippen molar-refractivity contribution >= 4 is 34.9 Å². The fourth-order valence-corrected chi connectivity index (χ4v) is 2.85. The lowest BCUT2D eigenvalue weighted by Crippen LogP contribution is -2.44. The van der Waals surface area contributed by atoms with Gasteiger partial charge in [0.1, 0.15) is 0 Å². The quantitative estimate of drug-likeness (QED) is 0.849. The average Bonchev–Trinajstić information content (AvgIpc) is 2.72. The smallest absolute Gasteiger partial charge is 0.246 e. The minimum atomic E-state index is -0.623. The molecule has 0 bridgehead atoms. The molecule has 1 aromatic heterocycles. The Bertz CT molecular complexity index is 457. The predicted octanol–water partition coefficient (Wildman–Crippen LogP) is 2.79. The van der Waals surface area contributed by atoms with Crippen LogP contribution in [0.1, 0.15) is 24.6 Å². The van der Waals surface area contributed by atoms with E-state index in [1.165, 1.54) is 11.3 Å². The first-order valence-corrected chi connectivity index (χ1v) is 7.10. The van der Waals surface area contributed by atoms with Crippen LogP contribution in [-0.4, -0.2) is 34.6 Å². The van der Waals surface area contributed by atoms with Gasteiger partial charge in [0.15, 0.2) is 0 Å². The van der Waals surface area contributed by atoms with E-state index in [9.17, 15) is 9.90 Å². The third-order valence-corrected chi connectivity index (χ3v) is 4.33. The van der Waals surface area contributed by atoms with Crippen LogP contribution in [0.5, 0.6) is 0 Å². The summed E-state index contributed by atoms with van der Waals surface area (Å²) >= 11 is 7.26. The summed E-state index contributed by atoms with van der Waals surface area (Å²) < 4.78 is 0.719. The number of hydrogen-bond acceptors (Lipinski definition) is 3. The Labute approximate surface area is 116 Å². The average molecular weight is 286 g/mol. The van der Waals surface area contributed by atoms with Gasteiger partial charge in [-0.2, -0.15) is 0 Å². The number of piperidine rings is 1. The number of hydrogen-bond donors (Lipinski definition) is 1. The third kappa shape index (κ3) is 3.57. The Morgan fingerprint density at radius 2 is 2.17 bits per heavy atom. The number of likely N-dealkylation sites (tertiary alicyclic amines) is 1. The van der Waals surface area contributed by atoms with Crippen molar-refractivity contribution in [2.24, 2.45) is 0 Å². The highest BCUT2D eigenvalue weighted by Crippen LogP contribution is 2.23. The zero-order chi connectivity index (χ0) is 13.2. The lowest BCUT2D eigenvalue weighted by atomic mass is 9.94. The second-order valence-corrected chi connectivity index (χ2v) is 6.54. The van der Waals surface area contributed by atoms with Gasteiger partial charge in [-0.25, -0.2) is 0 Å². The number of carbonyl (C=O) groups is 1. The zero-order valence-electron chi connectivity index (χ0n) is 10.2. The van der Waals surface area contributed by atoms with E-state index < -0.39 is 5.60 Å². The lowest BCUT2D eigenvalue weighted by Gasteiger charge is -2.35. The summed E-state index contributed by atoms with van der Waals surface area (Å²) in [6.07, 6.45) is 4.63. The number of rotatable bonds is 2. The minimum Gasteiger partial charge on any atom is -0.390 e. The summed E-state index contributed by atoms with van der Waals surface area (Å²) in [4.78, 5) is 14.7. The molecular weight excluding hydrogens is 270 g/mol. The third-order valence-electron chi connectivity index (χ3n) is 3.14. The van der Waals surface area contributed by atoms with Crippen LogP contribution in [0.2, 0.25) is 4.34 Å². The minimum absolute atomic E-state index is 0.00461. The normalized spacial score (nSPS) is 19.4. The number of thiophene rings is 1. The maximum Gasteiger partial charge on any atom is 0.246 e. The SMILES string of the molecule is CC1(O)CCN(C(=O)/C=C/c2ccc(Cl)s2)CC1. The molecule has 5 heteroatoms. The Morgan fingerprint density at radius 1 is 1.50 bits per heavy atom.